The van der Waals surface area contributed by atoms with Crippen molar-refractivity contribution in [1.82, 2.24) is 4.57 Å². The number of hydrogen-bond donors (Lipinski definition) is 0. The van der Waals surface area contributed by atoms with Gasteiger partial charge < -0.3 is 9.47 Å². The summed E-state index contributed by atoms with van der Waals surface area (Å²) in [4.78, 5) is 2.42. The van der Waals surface area contributed by atoms with Crippen molar-refractivity contribution >= 4 is 38.9 Å². The molecule has 0 saturated heterocycles. The molecular weight excluding hydrogens is 821 g/mol. The van der Waals surface area contributed by atoms with E-state index in [0.717, 1.165) is 22.7 Å². The van der Waals surface area contributed by atoms with Crippen molar-refractivity contribution in [1.29, 1.82) is 0 Å². The first-order chi connectivity index (χ1) is 33.2. The number of fused-ring (bicyclic) bond motifs is 10. The largest absolute Gasteiger partial charge is 0.310 e. The molecular formula is C66H50N2. The summed E-state index contributed by atoms with van der Waals surface area (Å²) in [5.74, 6) is 0. The second-order valence-corrected chi connectivity index (χ2v) is 19.7. The van der Waals surface area contributed by atoms with Gasteiger partial charge in [0.2, 0.25) is 0 Å². The SMILES string of the molecule is CC1(C)c2ccccc2-c2ccc(N(c3ccc(-c4ccccc4)cc3)c3ccc(-c4ccc5c(c4)c4c6c(ccc4n5-c4ccc(-c5ccccc5)cc4)-c4ccccc4C6(C)C)cc3)cc21. The molecule has 2 aliphatic rings. The highest BCUT2D eigenvalue weighted by Crippen LogP contribution is 2.54. The van der Waals surface area contributed by atoms with Crippen LogP contribution in [0.2, 0.25) is 0 Å². The van der Waals surface area contributed by atoms with Crippen molar-refractivity contribution < 1.29 is 0 Å². The van der Waals surface area contributed by atoms with Crippen LogP contribution >= 0.6 is 0 Å². The summed E-state index contributed by atoms with van der Waals surface area (Å²) < 4.78 is 2.48. The highest BCUT2D eigenvalue weighted by Gasteiger charge is 2.39. The normalized spacial score (nSPS) is 13.8. The molecule has 2 aliphatic carbocycles. The van der Waals surface area contributed by atoms with Crippen molar-refractivity contribution in [3.05, 3.63) is 253 Å². The minimum atomic E-state index is -0.169. The Bertz CT molecular complexity index is 3740. The van der Waals surface area contributed by atoms with Crippen LogP contribution < -0.4 is 4.90 Å². The lowest BCUT2D eigenvalue weighted by Gasteiger charge is -2.28. The number of aromatic nitrogens is 1. The molecule has 13 rings (SSSR count). The van der Waals surface area contributed by atoms with Crippen LogP contribution in [-0.4, -0.2) is 4.57 Å². The van der Waals surface area contributed by atoms with Gasteiger partial charge in [-0.05, 0) is 145 Å². The highest BCUT2D eigenvalue weighted by molar-refractivity contribution is 6.15. The van der Waals surface area contributed by atoms with Crippen LogP contribution in [0.15, 0.2) is 231 Å². The maximum Gasteiger partial charge on any atom is 0.0544 e. The predicted octanol–water partition coefficient (Wildman–Crippen LogP) is 17.9. The van der Waals surface area contributed by atoms with E-state index in [1.54, 1.807) is 0 Å². The van der Waals surface area contributed by atoms with Gasteiger partial charge >= 0.3 is 0 Å². The molecule has 0 spiro atoms. The Kier molecular flexibility index (Phi) is 8.95. The molecule has 2 nitrogen and oxygen atoms in total. The Morgan fingerprint density at radius 3 is 1.38 bits per heavy atom. The van der Waals surface area contributed by atoms with Crippen molar-refractivity contribution in [3.8, 4) is 61.3 Å². The summed E-state index contributed by atoms with van der Waals surface area (Å²) in [5.41, 5.74) is 24.8. The number of hydrogen-bond acceptors (Lipinski definition) is 1. The van der Waals surface area contributed by atoms with Gasteiger partial charge in [0.05, 0.1) is 11.0 Å². The summed E-state index contributed by atoms with van der Waals surface area (Å²) in [7, 11) is 0. The zero-order valence-electron chi connectivity index (χ0n) is 38.8. The molecule has 0 radical (unpaired) electrons. The van der Waals surface area contributed by atoms with Crippen LogP contribution in [0.5, 0.6) is 0 Å². The molecule has 0 aliphatic heterocycles. The third-order valence-electron chi connectivity index (χ3n) is 15.2. The Morgan fingerprint density at radius 1 is 0.324 bits per heavy atom. The topological polar surface area (TPSA) is 8.17 Å². The molecule has 0 N–H and O–H groups in total. The lowest BCUT2D eigenvalue weighted by Crippen LogP contribution is -2.16. The number of benzene rings is 10. The Hall–Kier alpha value is -8.20. The summed E-state index contributed by atoms with van der Waals surface area (Å²) in [6, 6.07) is 85.4. The fraction of sp³-hybridized carbons (Fsp3) is 0.0909. The quantitative estimate of drug-likeness (QED) is 0.155. The summed E-state index contributed by atoms with van der Waals surface area (Å²) in [5, 5.41) is 2.60. The summed E-state index contributed by atoms with van der Waals surface area (Å²) in [6.07, 6.45) is 0. The van der Waals surface area contributed by atoms with Gasteiger partial charge in [-0.1, -0.05) is 191 Å². The third-order valence-corrected chi connectivity index (χ3v) is 15.2. The molecule has 1 heterocycles. The first-order valence-corrected chi connectivity index (χ1v) is 23.9. The molecule has 0 amide bonds. The van der Waals surface area contributed by atoms with Crippen molar-refractivity contribution in [3.63, 3.8) is 0 Å². The second-order valence-electron chi connectivity index (χ2n) is 19.7. The standard InChI is InChI=1S/C66H50N2/c1-65(2)58-21-13-11-19-53(58)55-37-36-52(42-60(55)65)67(49-30-23-45(24-31-49)43-15-7-5-8-16-43)50-32-27-47(28-33-50)48-29-39-61-57(41-48)63-62(40-38-56-54-20-12-14-22-59(54)66(3,4)64(56)63)68(61)51-34-25-46(26-35-51)44-17-9-6-10-18-44/h5-42H,1-4H3. The average Bonchev–Trinajstić information content (AvgIpc) is 3.93. The summed E-state index contributed by atoms with van der Waals surface area (Å²) in [6.45, 7) is 9.52. The van der Waals surface area contributed by atoms with E-state index in [2.05, 4.69) is 268 Å². The monoisotopic (exact) mass is 870 g/mol. The van der Waals surface area contributed by atoms with Crippen LogP contribution in [-0.2, 0) is 10.8 Å². The number of nitrogens with zero attached hydrogens (tertiary/aromatic N) is 2. The van der Waals surface area contributed by atoms with E-state index >= 15 is 0 Å². The highest BCUT2D eigenvalue weighted by atomic mass is 15.1. The molecule has 68 heavy (non-hydrogen) atoms. The second kappa shape index (κ2) is 15.2. The van der Waals surface area contributed by atoms with Crippen LogP contribution in [0.25, 0.3) is 83.1 Å². The molecule has 0 atom stereocenters. The third kappa shape index (κ3) is 6.10. The fourth-order valence-corrected chi connectivity index (χ4v) is 11.8. The zero-order chi connectivity index (χ0) is 45.7. The first kappa shape index (κ1) is 40.1. The molecule has 11 aromatic rings. The predicted molar refractivity (Wildman–Crippen MR) is 287 cm³/mol. The van der Waals surface area contributed by atoms with Crippen molar-refractivity contribution in [2.24, 2.45) is 0 Å². The van der Waals surface area contributed by atoms with Gasteiger partial charge in [0.15, 0.2) is 0 Å². The van der Waals surface area contributed by atoms with Crippen LogP contribution in [0, 0.1) is 0 Å². The van der Waals surface area contributed by atoms with E-state index in [4.69, 9.17) is 0 Å². The van der Waals surface area contributed by atoms with Gasteiger partial charge in [-0.25, -0.2) is 0 Å². The molecule has 2 heteroatoms. The fourth-order valence-electron chi connectivity index (χ4n) is 11.8. The van der Waals surface area contributed by atoms with Gasteiger partial charge in [-0.15, -0.1) is 0 Å². The van der Waals surface area contributed by atoms with E-state index in [0.29, 0.717) is 0 Å². The smallest absolute Gasteiger partial charge is 0.0544 e. The number of anilines is 3. The number of rotatable bonds is 7. The molecule has 0 unspecified atom stereocenters. The molecule has 10 aromatic carbocycles. The van der Waals surface area contributed by atoms with Gasteiger partial charge in [0.25, 0.3) is 0 Å². The van der Waals surface area contributed by atoms with Crippen molar-refractivity contribution in [2.75, 3.05) is 4.90 Å². The Morgan fingerprint density at radius 2 is 0.765 bits per heavy atom. The summed E-state index contributed by atoms with van der Waals surface area (Å²) >= 11 is 0. The minimum Gasteiger partial charge on any atom is -0.310 e. The van der Waals surface area contributed by atoms with Crippen LogP contribution in [0.3, 0.4) is 0 Å². The molecule has 0 bridgehead atoms. The van der Waals surface area contributed by atoms with Gasteiger partial charge in [0.1, 0.15) is 0 Å². The average molecular weight is 871 g/mol. The van der Waals surface area contributed by atoms with E-state index in [1.165, 1.54) is 99.7 Å². The maximum absolute atomic E-state index is 2.48. The molecule has 0 fully saturated rings. The van der Waals surface area contributed by atoms with Crippen molar-refractivity contribution in [2.45, 2.75) is 38.5 Å². The van der Waals surface area contributed by atoms with E-state index in [1.807, 2.05) is 0 Å². The minimum absolute atomic E-state index is 0.111. The zero-order valence-corrected chi connectivity index (χ0v) is 38.8. The van der Waals surface area contributed by atoms with Crippen LogP contribution in [0.4, 0.5) is 17.1 Å². The van der Waals surface area contributed by atoms with Gasteiger partial charge in [-0.3, -0.25) is 0 Å². The van der Waals surface area contributed by atoms with E-state index < -0.39 is 0 Å². The maximum atomic E-state index is 2.48. The lowest BCUT2D eigenvalue weighted by atomic mass is 9.80. The van der Waals surface area contributed by atoms with E-state index in [-0.39, 0.29) is 10.8 Å². The Balaban J connectivity index is 0.943. The van der Waals surface area contributed by atoms with Gasteiger partial charge in [0, 0.05) is 44.4 Å². The van der Waals surface area contributed by atoms with Crippen LogP contribution in [0.1, 0.15) is 49.9 Å². The molecule has 0 saturated carbocycles. The first-order valence-electron chi connectivity index (χ1n) is 23.9. The lowest BCUT2D eigenvalue weighted by molar-refractivity contribution is 0.660. The molecule has 1 aromatic heterocycles. The molecule has 324 valence electrons. The Labute approximate surface area is 399 Å². The van der Waals surface area contributed by atoms with E-state index in [9.17, 15) is 0 Å². The van der Waals surface area contributed by atoms with Gasteiger partial charge in [-0.2, -0.15) is 0 Å².